The highest BCUT2D eigenvalue weighted by atomic mass is 35.5. The molecule has 2 unspecified atom stereocenters. The Balaban J connectivity index is 1.84. The SMILES string of the molecule is CC1CCN(C(=O)c2cc(Cl)cn2C2CC2)C(CN)C1. The monoisotopic (exact) mass is 295 g/mol. The molecule has 1 aliphatic heterocycles. The first-order valence-electron chi connectivity index (χ1n) is 7.48. The summed E-state index contributed by atoms with van der Waals surface area (Å²) in [7, 11) is 0. The van der Waals surface area contributed by atoms with Gasteiger partial charge in [0.25, 0.3) is 5.91 Å². The highest BCUT2D eigenvalue weighted by Crippen LogP contribution is 2.38. The van der Waals surface area contributed by atoms with Crippen molar-refractivity contribution in [1.29, 1.82) is 0 Å². The van der Waals surface area contributed by atoms with Crippen LogP contribution in [-0.2, 0) is 0 Å². The average Bonchev–Trinajstić information content (AvgIpc) is 3.20. The van der Waals surface area contributed by atoms with Gasteiger partial charge >= 0.3 is 0 Å². The van der Waals surface area contributed by atoms with Gasteiger partial charge in [0.05, 0.1) is 5.02 Å². The van der Waals surface area contributed by atoms with Crippen LogP contribution in [0.4, 0.5) is 0 Å². The number of nitrogens with two attached hydrogens (primary N) is 1. The second-order valence-corrected chi connectivity index (χ2v) is 6.64. The minimum atomic E-state index is 0.0890. The van der Waals surface area contributed by atoms with Crippen LogP contribution >= 0.6 is 11.6 Å². The smallest absolute Gasteiger partial charge is 0.270 e. The van der Waals surface area contributed by atoms with Gasteiger partial charge < -0.3 is 15.2 Å². The third-order valence-corrected chi connectivity index (χ3v) is 4.69. The van der Waals surface area contributed by atoms with Gasteiger partial charge in [0.15, 0.2) is 0 Å². The summed E-state index contributed by atoms with van der Waals surface area (Å²) >= 11 is 6.10. The molecular formula is C15H22ClN3O. The van der Waals surface area contributed by atoms with Crippen LogP contribution in [0.1, 0.15) is 49.1 Å². The Morgan fingerprint density at radius 1 is 1.45 bits per heavy atom. The van der Waals surface area contributed by atoms with Crippen LogP contribution in [0.5, 0.6) is 0 Å². The zero-order chi connectivity index (χ0) is 14.3. The van der Waals surface area contributed by atoms with Crippen molar-refractivity contribution in [3.8, 4) is 0 Å². The standard InChI is InChI=1S/C15H22ClN3O/c1-10-4-5-18(13(6-10)8-17)15(20)14-7-11(16)9-19(14)12-2-3-12/h7,9-10,12-13H,2-6,8,17H2,1H3. The molecule has 2 fully saturated rings. The molecule has 0 radical (unpaired) electrons. The number of aromatic nitrogens is 1. The molecule has 2 atom stereocenters. The fourth-order valence-electron chi connectivity index (χ4n) is 3.16. The molecule has 0 spiro atoms. The van der Waals surface area contributed by atoms with E-state index in [0.717, 1.165) is 37.9 Å². The van der Waals surface area contributed by atoms with Crippen LogP contribution in [0.2, 0.25) is 5.02 Å². The van der Waals surface area contributed by atoms with Crippen LogP contribution in [0.25, 0.3) is 0 Å². The van der Waals surface area contributed by atoms with Gasteiger partial charge in [-0.3, -0.25) is 4.79 Å². The van der Waals surface area contributed by atoms with Crippen molar-refractivity contribution in [2.24, 2.45) is 11.7 Å². The molecule has 5 heteroatoms. The summed E-state index contributed by atoms with van der Waals surface area (Å²) < 4.78 is 2.05. The van der Waals surface area contributed by atoms with Crippen molar-refractivity contribution in [2.75, 3.05) is 13.1 Å². The first-order valence-corrected chi connectivity index (χ1v) is 7.86. The molecule has 1 saturated heterocycles. The summed E-state index contributed by atoms with van der Waals surface area (Å²) in [6.45, 7) is 3.57. The Hall–Kier alpha value is -1.00. The Labute approximate surface area is 124 Å². The number of halogens is 1. The van der Waals surface area contributed by atoms with Crippen molar-refractivity contribution in [1.82, 2.24) is 9.47 Å². The Morgan fingerprint density at radius 2 is 2.20 bits per heavy atom. The van der Waals surface area contributed by atoms with Gasteiger partial charge in [0.1, 0.15) is 5.69 Å². The predicted octanol–water partition coefficient (Wildman–Crippen LogP) is 2.68. The van der Waals surface area contributed by atoms with Gasteiger partial charge in [0, 0.05) is 31.4 Å². The molecule has 0 bridgehead atoms. The lowest BCUT2D eigenvalue weighted by Gasteiger charge is -2.38. The van der Waals surface area contributed by atoms with E-state index in [1.807, 2.05) is 11.1 Å². The molecule has 20 heavy (non-hydrogen) atoms. The third-order valence-electron chi connectivity index (χ3n) is 4.49. The minimum absolute atomic E-state index is 0.0890. The van der Waals surface area contributed by atoms with E-state index in [9.17, 15) is 4.79 Å². The van der Waals surface area contributed by atoms with Gasteiger partial charge in [-0.25, -0.2) is 0 Å². The molecule has 2 aliphatic rings. The van der Waals surface area contributed by atoms with Gasteiger partial charge in [-0.05, 0) is 37.7 Å². The zero-order valence-electron chi connectivity index (χ0n) is 11.9. The van der Waals surface area contributed by atoms with E-state index in [4.69, 9.17) is 17.3 Å². The quantitative estimate of drug-likeness (QED) is 0.932. The molecule has 2 N–H and O–H groups in total. The molecule has 1 amide bonds. The van der Waals surface area contributed by atoms with Gasteiger partial charge in [-0.1, -0.05) is 18.5 Å². The number of hydrogen-bond acceptors (Lipinski definition) is 2. The Bertz CT molecular complexity index is 509. The molecule has 0 aromatic carbocycles. The molecular weight excluding hydrogens is 274 g/mol. The fraction of sp³-hybridized carbons (Fsp3) is 0.667. The Kier molecular flexibility index (Phi) is 3.78. The maximum Gasteiger partial charge on any atom is 0.270 e. The van der Waals surface area contributed by atoms with Crippen LogP contribution < -0.4 is 5.73 Å². The van der Waals surface area contributed by atoms with Crippen molar-refractivity contribution in [3.05, 3.63) is 23.0 Å². The highest BCUT2D eigenvalue weighted by molar-refractivity contribution is 6.31. The maximum absolute atomic E-state index is 12.8. The lowest BCUT2D eigenvalue weighted by molar-refractivity contribution is 0.0562. The van der Waals surface area contributed by atoms with Gasteiger partial charge in [-0.15, -0.1) is 0 Å². The fourth-order valence-corrected chi connectivity index (χ4v) is 3.37. The second-order valence-electron chi connectivity index (χ2n) is 6.20. The normalized spacial score (nSPS) is 26.9. The minimum Gasteiger partial charge on any atom is -0.339 e. The lowest BCUT2D eigenvalue weighted by atomic mass is 9.92. The Morgan fingerprint density at radius 3 is 2.85 bits per heavy atom. The van der Waals surface area contributed by atoms with Gasteiger partial charge in [0.2, 0.25) is 0 Å². The number of carbonyl (C=O) groups is 1. The van der Waals surface area contributed by atoms with Crippen LogP contribution in [0.3, 0.4) is 0 Å². The highest BCUT2D eigenvalue weighted by Gasteiger charge is 2.33. The lowest BCUT2D eigenvalue weighted by Crippen LogP contribution is -2.49. The van der Waals surface area contributed by atoms with Crippen molar-refractivity contribution >= 4 is 17.5 Å². The molecule has 4 nitrogen and oxygen atoms in total. The molecule has 2 heterocycles. The van der Waals surface area contributed by atoms with Crippen molar-refractivity contribution in [2.45, 2.75) is 44.7 Å². The summed E-state index contributed by atoms with van der Waals surface area (Å²) in [6, 6.07) is 2.42. The molecule has 1 aliphatic carbocycles. The number of likely N-dealkylation sites (tertiary alicyclic amines) is 1. The molecule has 1 aromatic heterocycles. The molecule has 1 saturated carbocycles. The second kappa shape index (κ2) is 5.41. The van der Waals surface area contributed by atoms with E-state index in [1.165, 1.54) is 0 Å². The number of nitrogens with zero attached hydrogens (tertiary/aromatic N) is 2. The number of rotatable bonds is 3. The number of hydrogen-bond donors (Lipinski definition) is 1. The van der Waals surface area contributed by atoms with E-state index in [0.29, 0.717) is 23.5 Å². The van der Waals surface area contributed by atoms with Crippen LogP contribution in [0.15, 0.2) is 12.3 Å². The summed E-state index contributed by atoms with van der Waals surface area (Å²) in [5.41, 5.74) is 6.59. The maximum atomic E-state index is 12.8. The van der Waals surface area contributed by atoms with Gasteiger partial charge in [-0.2, -0.15) is 0 Å². The van der Waals surface area contributed by atoms with Crippen LogP contribution in [-0.4, -0.2) is 34.5 Å². The average molecular weight is 296 g/mol. The predicted molar refractivity (Wildman–Crippen MR) is 80.0 cm³/mol. The van der Waals surface area contributed by atoms with Crippen molar-refractivity contribution in [3.63, 3.8) is 0 Å². The number of carbonyl (C=O) groups excluding carboxylic acids is 1. The van der Waals surface area contributed by atoms with Crippen LogP contribution in [0, 0.1) is 5.92 Å². The summed E-state index contributed by atoms with van der Waals surface area (Å²) in [5.74, 6) is 0.734. The molecule has 1 aromatic rings. The molecule has 110 valence electrons. The topological polar surface area (TPSA) is 51.3 Å². The summed E-state index contributed by atoms with van der Waals surface area (Å²) in [4.78, 5) is 14.8. The number of piperidine rings is 1. The first kappa shape index (κ1) is 14.0. The van der Waals surface area contributed by atoms with E-state index < -0.39 is 0 Å². The third kappa shape index (κ3) is 2.59. The first-order chi connectivity index (χ1) is 9.60. The largest absolute Gasteiger partial charge is 0.339 e. The van der Waals surface area contributed by atoms with E-state index in [-0.39, 0.29) is 11.9 Å². The molecule has 3 rings (SSSR count). The summed E-state index contributed by atoms with van der Waals surface area (Å²) in [5, 5.41) is 0.648. The number of amides is 1. The van der Waals surface area contributed by atoms with E-state index >= 15 is 0 Å². The zero-order valence-corrected chi connectivity index (χ0v) is 12.6. The van der Waals surface area contributed by atoms with E-state index in [2.05, 4.69) is 11.5 Å². The summed E-state index contributed by atoms with van der Waals surface area (Å²) in [6.07, 6.45) is 6.22. The van der Waals surface area contributed by atoms with Crippen molar-refractivity contribution < 1.29 is 4.79 Å². The van der Waals surface area contributed by atoms with E-state index in [1.54, 1.807) is 6.07 Å².